The number of rotatable bonds is 2. The van der Waals surface area contributed by atoms with Gasteiger partial charge in [0.05, 0.1) is 5.54 Å². The largest absolute Gasteiger partial charge is 0.287 e. The van der Waals surface area contributed by atoms with Crippen LogP contribution in [0.1, 0.15) is 31.9 Å². The van der Waals surface area contributed by atoms with Crippen molar-refractivity contribution in [3.63, 3.8) is 0 Å². The third kappa shape index (κ3) is 2.39. The highest BCUT2D eigenvalue weighted by molar-refractivity contribution is 6.01. The highest BCUT2D eigenvalue weighted by Gasteiger charge is 2.34. The highest BCUT2D eigenvalue weighted by Crippen LogP contribution is 2.23. The number of carbonyl (C=O) groups is 1. The molecule has 1 aliphatic heterocycles. The zero-order valence-electron chi connectivity index (χ0n) is 10.5. The van der Waals surface area contributed by atoms with E-state index in [1.807, 2.05) is 32.1 Å². The quantitative estimate of drug-likeness (QED) is 0.763. The number of benzene rings is 1. The third-order valence-corrected chi connectivity index (χ3v) is 3.08. The average molecular weight is 230 g/mol. The molecule has 3 nitrogen and oxygen atoms in total. The molecule has 2 rings (SSSR count). The Bertz CT molecular complexity index is 475. The lowest BCUT2D eigenvalue weighted by Crippen LogP contribution is -2.38. The molecule has 1 amide bonds. The van der Waals surface area contributed by atoms with Crippen LogP contribution in [0.4, 0.5) is 0 Å². The summed E-state index contributed by atoms with van der Waals surface area (Å²) in [4.78, 5) is 11.7. The van der Waals surface area contributed by atoms with E-state index in [9.17, 15) is 4.79 Å². The van der Waals surface area contributed by atoms with Crippen LogP contribution >= 0.6 is 0 Å². The number of hydrogen-bond acceptors (Lipinski definition) is 2. The molecule has 0 unspecified atom stereocenters. The number of carbonyl (C=O) groups excluding carboxylic acids is 1. The summed E-state index contributed by atoms with van der Waals surface area (Å²) in [6.45, 7) is 6.10. The summed E-state index contributed by atoms with van der Waals surface area (Å²) < 4.78 is 0. The van der Waals surface area contributed by atoms with Gasteiger partial charge in [-0.05, 0) is 37.5 Å². The van der Waals surface area contributed by atoms with Crippen molar-refractivity contribution in [3.05, 3.63) is 41.0 Å². The molecule has 3 heteroatoms. The normalized spacial score (nSPS) is 20.6. The molecule has 0 radical (unpaired) electrons. The summed E-state index contributed by atoms with van der Waals surface area (Å²) >= 11 is 0. The van der Waals surface area contributed by atoms with E-state index in [4.69, 9.17) is 0 Å². The molecule has 0 saturated carbocycles. The summed E-state index contributed by atoms with van der Waals surface area (Å²) in [5.74, 6) is -0.0445. The standard InChI is InChI=1S/C14H18N2O/c1-4-10-6-5-7-11(8-10)9-12-13(17)15-16-14(12,2)3/h5-9,16H,4H2,1-3H3,(H,15,17)/b12-9+. The third-order valence-electron chi connectivity index (χ3n) is 3.08. The molecule has 2 N–H and O–H groups in total. The van der Waals surface area contributed by atoms with Gasteiger partial charge in [-0.1, -0.05) is 31.2 Å². The average Bonchev–Trinajstić information content (AvgIpc) is 2.56. The second-order valence-electron chi connectivity index (χ2n) is 4.86. The first-order chi connectivity index (χ1) is 8.03. The van der Waals surface area contributed by atoms with Crippen LogP contribution in [-0.2, 0) is 11.2 Å². The van der Waals surface area contributed by atoms with Gasteiger partial charge in [-0.2, -0.15) is 0 Å². The van der Waals surface area contributed by atoms with Crippen molar-refractivity contribution in [2.45, 2.75) is 32.7 Å². The van der Waals surface area contributed by atoms with Crippen molar-refractivity contribution >= 4 is 12.0 Å². The molecule has 0 aliphatic carbocycles. The number of hydrazine groups is 1. The summed E-state index contributed by atoms with van der Waals surface area (Å²) in [6.07, 6.45) is 2.96. The summed E-state index contributed by atoms with van der Waals surface area (Å²) in [7, 11) is 0. The molecule has 0 atom stereocenters. The van der Waals surface area contributed by atoms with Crippen LogP contribution in [0.25, 0.3) is 6.08 Å². The van der Waals surface area contributed by atoms with E-state index >= 15 is 0 Å². The summed E-state index contributed by atoms with van der Waals surface area (Å²) in [5.41, 5.74) is 8.43. The van der Waals surface area contributed by atoms with Crippen LogP contribution in [-0.4, -0.2) is 11.4 Å². The van der Waals surface area contributed by atoms with E-state index in [2.05, 4.69) is 29.9 Å². The zero-order valence-corrected chi connectivity index (χ0v) is 10.5. The number of nitrogens with one attached hydrogen (secondary N) is 2. The van der Waals surface area contributed by atoms with Gasteiger partial charge >= 0.3 is 0 Å². The molecule has 90 valence electrons. The van der Waals surface area contributed by atoms with Crippen molar-refractivity contribution in [2.75, 3.05) is 0 Å². The summed E-state index contributed by atoms with van der Waals surface area (Å²) in [6, 6.07) is 8.27. The van der Waals surface area contributed by atoms with Crippen LogP contribution in [0.15, 0.2) is 29.8 Å². The predicted octanol–water partition coefficient (Wildman–Crippen LogP) is 2.05. The second-order valence-corrected chi connectivity index (χ2v) is 4.86. The molecule has 0 bridgehead atoms. The lowest BCUT2D eigenvalue weighted by Gasteiger charge is -2.17. The van der Waals surface area contributed by atoms with Gasteiger partial charge in [-0.25, -0.2) is 5.43 Å². The number of amides is 1. The smallest absolute Gasteiger partial charge is 0.263 e. The van der Waals surface area contributed by atoms with Crippen LogP contribution < -0.4 is 10.9 Å². The van der Waals surface area contributed by atoms with E-state index < -0.39 is 0 Å². The molecular weight excluding hydrogens is 212 g/mol. The molecule has 1 saturated heterocycles. The Hall–Kier alpha value is -1.61. The SMILES string of the molecule is CCc1cccc(/C=C2\C(=O)NNC2(C)C)c1. The Morgan fingerprint density at radius 1 is 1.35 bits per heavy atom. The van der Waals surface area contributed by atoms with Crippen molar-refractivity contribution in [1.29, 1.82) is 0 Å². The highest BCUT2D eigenvalue weighted by atomic mass is 16.2. The molecule has 17 heavy (non-hydrogen) atoms. The van der Waals surface area contributed by atoms with E-state index in [-0.39, 0.29) is 11.4 Å². The Kier molecular flexibility index (Phi) is 3.03. The molecule has 1 aliphatic rings. The fourth-order valence-electron chi connectivity index (χ4n) is 1.95. The van der Waals surface area contributed by atoms with E-state index in [1.54, 1.807) is 0 Å². The maximum Gasteiger partial charge on any atom is 0.263 e. The van der Waals surface area contributed by atoms with Crippen LogP contribution in [0.5, 0.6) is 0 Å². The zero-order chi connectivity index (χ0) is 12.5. The molecule has 1 aromatic carbocycles. The molecular formula is C14H18N2O. The fourth-order valence-corrected chi connectivity index (χ4v) is 1.95. The molecule has 1 heterocycles. The van der Waals surface area contributed by atoms with Crippen LogP contribution in [0.2, 0.25) is 0 Å². The van der Waals surface area contributed by atoms with Gasteiger partial charge in [-0.15, -0.1) is 0 Å². The molecule has 1 aromatic rings. The Labute approximate surface area is 102 Å². The number of aryl methyl sites for hydroxylation is 1. The fraction of sp³-hybridized carbons (Fsp3) is 0.357. The maximum absolute atomic E-state index is 11.7. The van der Waals surface area contributed by atoms with Gasteiger partial charge in [0.1, 0.15) is 0 Å². The van der Waals surface area contributed by atoms with Gasteiger partial charge in [0, 0.05) is 5.57 Å². The lowest BCUT2D eigenvalue weighted by molar-refractivity contribution is -0.116. The monoisotopic (exact) mass is 230 g/mol. The van der Waals surface area contributed by atoms with Gasteiger partial charge in [0.2, 0.25) is 0 Å². The summed E-state index contributed by atoms with van der Waals surface area (Å²) in [5, 5.41) is 0. The van der Waals surface area contributed by atoms with Crippen molar-refractivity contribution in [3.8, 4) is 0 Å². The predicted molar refractivity (Wildman–Crippen MR) is 69.2 cm³/mol. The van der Waals surface area contributed by atoms with Crippen LogP contribution in [0, 0.1) is 0 Å². The minimum Gasteiger partial charge on any atom is -0.287 e. The first-order valence-electron chi connectivity index (χ1n) is 5.91. The maximum atomic E-state index is 11.7. The Balaban J connectivity index is 2.37. The molecule has 0 aromatic heterocycles. The van der Waals surface area contributed by atoms with Gasteiger partial charge < -0.3 is 0 Å². The minimum atomic E-state index is -0.320. The first kappa shape index (κ1) is 11.9. The minimum absolute atomic E-state index is 0.0445. The van der Waals surface area contributed by atoms with Gasteiger partial charge in [-0.3, -0.25) is 10.2 Å². The van der Waals surface area contributed by atoms with Crippen molar-refractivity contribution in [2.24, 2.45) is 0 Å². The Morgan fingerprint density at radius 2 is 2.12 bits per heavy atom. The second kappa shape index (κ2) is 4.34. The molecule has 0 spiro atoms. The topological polar surface area (TPSA) is 41.1 Å². The van der Waals surface area contributed by atoms with Crippen molar-refractivity contribution < 1.29 is 4.79 Å². The van der Waals surface area contributed by atoms with Gasteiger partial charge in [0.15, 0.2) is 0 Å². The first-order valence-corrected chi connectivity index (χ1v) is 5.91. The number of hydrogen-bond donors (Lipinski definition) is 2. The van der Waals surface area contributed by atoms with E-state index in [0.717, 1.165) is 17.6 Å². The van der Waals surface area contributed by atoms with Crippen LogP contribution in [0.3, 0.4) is 0 Å². The Morgan fingerprint density at radius 3 is 2.71 bits per heavy atom. The lowest BCUT2D eigenvalue weighted by atomic mass is 9.93. The van der Waals surface area contributed by atoms with Crippen molar-refractivity contribution in [1.82, 2.24) is 10.9 Å². The van der Waals surface area contributed by atoms with Gasteiger partial charge in [0.25, 0.3) is 5.91 Å². The van der Waals surface area contributed by atoms with E-state index in [0.29, 0.717) is 0 Å². The molecule has 1 fully saturated rings. The van der Waals surface area contributed by atoms with E-state index in [1.165, 1.54) is 5.56 Å².